The fraction of sp³-hybridized carbons (Fsp3) is 0.250. The molecule has 1 aromatic carbocycles. The summed E-state index contributed by atoms with van der Waals surface area (Å²) in [5, 5.41) is 2.22. The van der Waals surface area contributed by atoms with Crippen molar-refractivity contribution in [1.29, 1.82) is 0 Å². The molecule has 2 rings (SSSR count). The molecule has 0 aliphatic heterocycles. The summed E-state index contributed by atoms with van der Waals surface area (Å²) in [5.74, 6) is 0.609. The third-order valence-corrected chi connectivity index (χ3v) is 3.91. The maximum Gasteiger partial charge on any atom is 0.0267 e. The molecule has 88 valence electrons. The van der Waals surface area contributed by atoms with Gasteiger partial charge in [-0.1, -0.05) is 50.8 Å². The Hall–Kier alpha value is -1.34. The summed E-state index contributed by atoms with van der Waals surface area (Å²) in [6.07, 6.45) is 2.93. The number of hydrogen-bond acceptors (Lipinski definition) is 1. The third-order valence-electron chi connectivity index (χ3n) is 2.93. The highest BCUT2D eigenvalue weighted by Crippen LogP contribution is 2.20. The van der Waals surface area contributed by atoms with E-state index in [9.17, 15) is 0 Å². The van der Waals surface area contributed by atoms with Crippen LogP contribution in [0.2, 0.25) is 0 Å². The van der Waals surface area contributed by atoms with E-state index in [1.165, 1.54) is 21.6 Å². The first-order chi connectivity index (χ1) is 8.19. The largest absolute Gasteiger partial charge is 0.144 e. The Bertz CT molecular complexity index is 488. The SMILES string of the molecule is C=Cc1cc(Cc2ccc(C(C)C)cc2)cs1. The van der Waals surface area contributed by atoms with E-state index in [0.717, 1.165) is 6.42 Å². The molecule has 0 nitrogen and oxygen atoms in total. The van der Waals surface area contributed by atoms with Crippen molar-refractivity contribution in [1.82, 2.24) is 0 Å². The van der Waals surface area contributed by atoms with Crippen molar-refractivity contribution in [2.75, 3.05) is 0 Å². The molecule has 1 heterocycles. The minimum atomic E-state index is 0.609. The Labute approximate surface area is 108 Å². The van der Waals surface area contributed by atoms with Crippen LogP contribution in [0.25, 0.3) is 6.08 Å². The average Bonchev–Trinajstić information content (AvgIpc) is 2.77. The molecule has 0 N–H and O–H groups in total. The lowest BCUT2D eigenvalue weighted by atomic mass is 10.00. The molecule has 0 spiro atoms. The van der Waals surface area contributed by atoms with Crippen LogP contribution in [0.3, 0.4) is 0 Å². The second kappa shape index (κ2) is 5.33. The standard InChI is InChI=1S/C16H18S/c1-4-16-10-14(11-17-16)9-13-5-7-15(8-6-13)12(2)3/h4-8,10-12H,1,9H2,2-3H3. The van der Waals surface area contributed by atoms with Gasteiger partial charge in [-0.2, -0.15) is 0 Å². The number of rotatable bonds is 4. The van der Waals surface area contributed by atoms with Crippen LogP contribution in [0.15, 0.2) is 42.3 Å². The van der Waals surface area contributed by atoms with Crippen molar-refractivity contribution >= 4 is 17.4 Å². The number of hydrogen-bond donors (Lipinski definition) is 0. The van der Waals surface area contributed by atoms with Gasteiger partial charge >= 0.3 is 0 Å². The minimum absolute atomic E-state index is 0.609. The first-order valence-corrected chi connectivity index (χ1v) is 6.85. The van der Waals surface area contributed by atoms with Gasteiger partial charge in [-0.3, -0.25) is 0 Å². The fourth-order valence-electron chi connectivity index (χ4n) is 1.85. The molecule has 0 saturated carbocycles. The fourth-order valence-corrected chi connectivity index (χ4v) is 2.60. The van der Waals surface area contributed by atoms with Crippen LogP contribution in [0.5, 0.6) is 0 Å². The molecule has 0 saturated heterocycles. The molecule has 1 heteroatoms. The summed E-state index contributed by atoms with van der Waals surface area (Å²) in [6, 6.07) is 11.2. The topological polar surface area (TPSA) is 0 Å². The summed E-state index contributed by atoms with van der Waals surface area (Å²) < 4.78 is 0. The van der Waals surface area contributed by atoms with Gasteiger partial charge in [0.1, 0.15) is 0 Å². The summed E-state index contributed by atoms with van der Waals surface area (Å²) in [7, 11) is 0. The highest BCUT2D eigenvalue weighted by Gasteiger charge is 2.01. The van der Waals surface area contributed by atoms with E-state index in [4.69, 9.17) is 0 Å². The van der Waals surface area contributed by atoms with Crippen molar-refractivity contribution in [3.63, 3.8) is 0 Å². The Morgan fingerprint density at radius 3 is 2.41 bits per heavy atom. The number of thiophene rings is 1. The first-order valence-electron chi connectivity index (χ1n) is 5.97. The van der Waals surface area contributed by atoms with Gasteiger partial charge in [0.2, 0.25) is 0 Å². The van der Waals surface area contributed by atoms with E-state index < -0.39 is 0 Å². The summed E-state index contributed by atoms with van der Waals surface area (Å²) in [5.41, 5.74) is 4.16. The van der Waals surface area contributed by atoms with Crippen molar-refractivity contribution < 1.29 is 0 Å². The Morgan fingerprint density at radius 1 is 1.18 bits per heavy atom. The molecule has 2 aromatic rings. The van der Waals surface area contributed by atoms with Gasteiger partial charge in [-0.15, -0.1) is 11.3 Å². The van der Waals surface area contributed by atoms with Crippen molar-refractivity contribution in [3.05, 3.63) is 63.9 Å². The Kier molecular flexibility index (Phi) is 3.80. The molecular formula is C16H18S. The minimum Gasteiger partial charge on any atom is -0.144 e. The van der Waals surface area contributed by atoms with Gasteiger partial charge in [0.05, 0.1) is 0 Å². The zero-order valence-electron chi connectivity index (χ0n) is 10.4. The molecule has 0 bridgehead atoms. The van der Waals surface area contributed by atoms with Crippen molar-refractivity contribution in [2.45, 2.75) is 26.2 Å². The van der Waals surface area contributed by atoms with Crippen LogP contribution in [0, 0.1) is 0 Å². The predicted octanol–water partition coefficient (Wildman–Crippen LogP) is 5.11. The summed E-state index contributed by atoms with van der Waals surface area (Å²) in [6.45, 7) is 8.25. The molecule has 0 unspecified atom stereocenters. The van der Waals surface area contributed by atoms with E-state index in [0.29, 0.717) is 5.92 Å². The lowest BCUT2D eigenvalue weighted by molar-refractivity contribution is 0.865. The molecule has 0 amide bonds. The van der Waals surface area contributed by atoms with Gasteiger partial charge in [0.25, 0.3) is 0 Å². The predicted molar refractivity (Wildman–Crippen MR) is 77.7 cm³/mol. The van der Waals surface area contributed by atoms with Gasteiger partial charge in [-0.25, -0.2) is 0 Å². The quantitative estimate of drug-likeness (QED) is 0.699. The van der Waals surface area contributed by atoms with Gasteiger partial charge in [-0.05, 0) is 40.5 Å². The van der Waals surface area contributed by atoms with Crippen LogP contribution in [0.4, 0.5) is 0 Å². The monoisotopic (exact) mass is 242 g/mol. The van der Waals surface area contributed by atoms with Crippen molar-refractivity contribution in [3.8, 4) is 0 Å². The highest BCUT2D eigenvalue weighted by molar-refractivity contribution is 7.11. The smallest absolute Gasteiger partial charge is 0.0267 e. The molecule has 0 aliphatic carbocycles. The summed E-state index contributed by atoms with van der Waals surface area (Å²) >= 11 is 1.76. The molecule has 1 aromatic heterocycles. The maximum absolute atomic E-state index is 3.79. The van der Waals surface area contributed by atoms with Crippen LogP contribution >= 0.6 is 11.3 Å². The normalized spacial score (nSPS) is 10.8. The second-order valence-corrected chi connectivity index (χ2v) is 5.58. The van der Waals surface area contributed by atoms with E-state index in [1.807, 2.05) is 6.08 Å². The second-order valence-electron chi connectivity index (χ2n) is 4.63. The lowest BCUT2D eigenvalue weighted by Crippen LogP contribution is -1.89. The molecule has 0 atom stereocenters. The molecule has 17 heavy (non-hydrogen) atoms. The molecular weight excluding hydrogens is 224 g/mol. The van der Waals surface area contributed by atoms with Gasteiger partial charge < -0.3 is 0 Å². The maximum atomic E-state index is 3.79. The Balaban J connectivity index is 2.10. The molecule has 0 aliphatic rings. The van der Waals surface area contributed by atoms with E-state index in [1.54, 1.807) is 11.3 Å². The van der Waals surface area contributed by atoms with E-state index in [2.05, 4.69) is 56.1 Å². The third kappa shape index (κ3) is 3.07. The van der Waals surface area contributed by atoms with Crippen LogP contribution < -0.4 is 0 Å². The van der Waals surface area contributed by atoms with Crippen molar-refractivity contribution in [2.24, 2.45) is 0 Å². The first kappa shape index (κ1) is 12.1. The Morgan fingerprint density at radius 2 is 1.88 bits per heavy atom. The average molecular weight is 242 g/mol. The number of benzene rings is 1. The van der Waals surface area contributed by atoms with E-state index in [-0.39, 0.29) is 0 Å². The molecule has 0 fully saturated rings. The zero-order valence-corrected chi connectivity index (χ0v) is 11.3. The van der Waals surface area contributed by atoms with Gasteiger partial charge in [0.15, 0.2) is 0 Å². The van der Waals surface area contributed by atoms with E-state index >= 15 is 0 Å². The van der Waals surface area contributed by atoms with Crippen LogP contribution in [-0.4, -0.2) is 0 Å². The summed E-state index contributed by atoms with van der Waals surface area (Å²) in [4.78, 5) is 1.25. The van der Waals surface area contributed by atoms with Gasteiger partial charge in [0, 0.05) is 4.88 Å². The molecule has 0 radical (unpaired) electrons. The lowest BCUT2D eigenvalue weighted by Gasteiger charge is -2.06. The van der Waals surface area contributed by atoms with Crippen LogP contribution in [-0.2, 0) is 6.42 Å². The van der Waals surface area contributed by atoms with Crippen LogP contribution in [0.1, 0.15) is 41.3 Å². The zero-order chi connectivity index (χ0) is 12.3. The highest BCUT2D eigenvalue weighted by atomic mass is 32.1.